The molecule has 0 atom stereocenters. The van der Waals surface area contributed by atoms with Crippen molar-refractivity contribution < 1.29 is 13.2 Å². The van der Waals surface area contributed by atoms with Gasteiger partial charge in [-0.05, 0) is 38.1 Å². The third-order valence-corrected chi connectivity index (χ3v) is 7.77. The van der Waals surface area contributed by atoms with Crippen molar-refractivity contribution in [3.63, 3.8) is 0 Å². The number of benzene rings is 2. The van der Waals surface area contributed by atoms with Crippen molar-refractivity contribution in [2.24, 2.45) is 0 Å². The number of para-hydroxylation sites is 2. The van der Waals surface area contributed by atoms with E-state index in [0.717, 1.165) is 22.4 Å². The molecule has 32 heavy (non-hydrogen) atoms. The Balaban J connectivity index is 1.25. The number of hydrogen-bond donors (Lipinski definition) is 1. The van der Waals surface area contributed by atoms with Crippen molar-refractivity contribution in [3.8, 4) is 0 Å². The third kappa shape index (κ3) is 4.85. The highest BCUT2D eigenvalue weighted by molar-refractivity contribution is 7.89. The summed E-state index contributed by atoms with van der Waals surface area (Å²) in [6.45, 7) is 7.15. The Labute approximate surface area is 188 Å². The van der Waals surface area contributed by atoms with E-state index in [1.54, 1.807) is 12.1 Å². The number of carbonyl (C=O) groups is 1. The van der Waals surface area contributed by atoms with E-state index in [1.165, 1.54) is 4.31 Å². The molecule has 2 heterocycles. The molecule has 1 aliphatic rings. The molecule has 0 radical (unpaired) electrons. The van der Waals surface area contributed by atoms with Crippen LogP contribution in [0.5, 0.6) is 0 Å². The molecule has 0 saturated carbocycles. The van der Waals surface area contributed by atoms with Gasteiger partial charge in [-0.2, -0.15) is 4.31 Å². The molecule has 1 aromatic heterocycles. The standard InChI is InChI=1S/C23H29N5O3S/c1-18-7-9-20(10-8-18)32(30,31)27-15-13-26(14-16-27)17-23(29)24-11-12-28-19(2)25-21-5-3-4-6-22(21)28/h3-10H,11-17H2,1-2H3,(H,24,29). The second-order valence-corrected chi connectivity index (χ2v) is 10.1. The van der Waals surface area contributed by atoms with E-state index in [2.05, 4.69) is 14.9 Å². The van der Waals surface area contributed by atoms with Crippen LogP contribution in [0.2, 0.25) is 0 Å². The Hall–Kier alpha value is -2.75. The summed E-state index contributed by atoms with van der Waals surface area (Å²) in [4.78, 5) is 19.3. The number of aryl methyl sites for hydroxylation is 2. The first-order valence-corrected chi connectivity index (χ1v) is 12.3. The number of carbonyl (C=O) groups excluding carboxylic acids is 1. The molecule has 0 unspecified atom stereocenters. The number of sulfonamides is 1. The summed E-state index contributed by atoms with van der Waals surface area (Å²) in [6, 6.07) is 14.9. The highest BCUT2D eigenvalue weighted by Crippen LogP contribution is 2.18. The van der Waals surface area contributed by atoms with E-state index >= 15 is 0 Å². The van der Waals surface area contributed by atoms with E-state index in [1.807, 2.05) is 55.1 Å². The average Bonchev–Trinajstić information content (AvgIpc) is 3.09. The predicted molar refractivity (Wildman–Crippen MR) is 124 cm³/mol. The van der Waals surface area contributed by atoms with E-state index in [4.69, 9.17) is 0 Å². The van der Waals surface area contributed by atoms with Crippen LogP contribution in [0.1, 0.15) is 11.4 Å². The number of nitrogens with one attached hydrogen (secondary N) is 1. The number of hydrogen-bond acceptors (Lipinski definition) is 5. The van der Waals surface area contributed by atoms with E-state index in [-0.39, 0.29) is 12.5 Å². The fourth-order valence-electron chi connectivity index (χ4n) is 4.03. The SMILES string of the molecule is Cc1ccc(S(=O)(=O)N2CCN(CC(=O)NCCn3c(C)nc4ccccc43)CC2)cc1. The quantitative estimate of drug-likeness (QED) is 0.587. The van der Waals surface area contributed by atoms with Gasteiger partial charge < -0.3 is 9.88 Å². The molecule has 9 heteroatoms. The van der Waals surface area contributed by atoms with Crippen LogP contribution in [-0.4, -0.2) is 72.3 Å². The number of rotatable bonds is 7. The molecular formula is C23H29N5O3S. The first-order valence-electron chi connectivity index (χ1n) is 10.8. The van der Waals surface area contributed by atoms with Crippen LogP contribution in [0.25, 0.3) is 11.0 Å². The van der Waals surface area contributed by atoms with Gasteiger partial charge in [-0.15, -0.1) is 0 Å². The van der Waals surface area contributed by atoms with Crippen LogP contribution in [0.3, 0.4) is 0 Å². The van der Waals surface area contributed by atoms with Gasteiger partial charge in [0.25, 0.3) is 0 Å². The second-order valence-electron chi connectivity index (χ2n) is 8.14. The van der Waals surface area contributed by atoms with Gasteiger partial charge in [0.2, 0.25) is 15.9 Å². The lowest BCUT2D eigenvalue weighted by atomic mass is 10.2. The maximum absolute atomic E-state index is 12.8. The molecular weight excluding hydrogens is 426 g/mol. The Bertz CT molecular complexity index is 1200. The molecule has 3 aromatic rings. The topological polar surface area (TPSA) is 87.5 Å². The third-order valence-electron chi connectivity index (χ3n) is 5.86. The second kappa shape index (κ2) is 9.40. The predicted octanol–water partition coefficient (Wildman–Crippen LogP) is 1.78. The van der Waals surface area contributed by atoms with Crippen molar-refractivity contribution in [1.29, 1.82) is 0 Å². The van der Waals surface area contributed by atoms with Crippen molar-refractivity contribution in [1.82, 2.24) is 24.1 Å². The molecule has 170 valence electrons. The lowest BCUT2D eigenvalue weighted by molar-refractivity contribution is -0.122. The summed E-state index contributed by atoms with van der Waals surface area (Å²) < 4.78 is 29.2. The normalized spacial score (nSPS) is 15.8. The number of nitrogens with zero attached hydrogens (tertiary/aromatic N) is 4. The van der Waals surface area contributed by atoms with Crippen LogP contribution in [0.15, 0.2) is 53.4 Å². The van der Waals surface area contributed by atoms with E-state index in [9.17, 15) is 13.2 Å². The number of piperazine rings is 1. The minimum Gasteiger partial charge on any atom is -0.353 e. The lowest BCUT2D eigenvalue weighted by Gasteiger charge is -2.33. The van der Waals surface area contributed by atoms with Crippen LogP contribution in [-0.2, 0) is 21.4 Å². The number of amides is 1. The Morgan fingerprint density at radius 1 is 1.00 bits per heavy atom. The van der Waals surface area contributed by atoms with Gasteiger partial charge in [-0.1, -0.05) is 29.8 Å². The van der Waals surface area contributed by atoms with Gasteiger partial charge in [0, 0.05) is 39.3 Å². The fourth-order valence-corrected chi connectivity index (χ4v) is 5.45. The first kappa shape index (κ1) is 22.4. The molecule has 8 nitrogen and oxygen atoms in total. The van der Waals surface area contributed by atoms with E-state index < -0.39 is 10.0 Å². The maximum Gasteiger partial charge on any atom is 0.243 e. The van der Waals surface area contributed by atoms with Crippen molar-refractivity contribution in [3.05, 3.63) is 59.9 Å². The van der Waals surface area contributed by atoms with Gasteiger partial charge in [-0.3, -0.25) is 9.69 Å². The molecule has 1 fully saturated rings. The van der Waals surface area contributed by atoms with Crippen LogP contribution >= 0.6 is 0 Å². The average molecular weight is 456 g/mol. The van der Waals surface area contributed by atoms with Gasteiger partial charge in [0.15, 0.2) is 0 Å². The first-order chi connectivity index (χ1) is 15.3. The van der Waals surface area contributed by atoms with Crippen LogP contribution in [0, 0.1) is 13.8 Å². The Kier molecular flexibility index (Phi) is 6.59. The largest absolute Gasteiger partial charge is 0.353 e. The minimum atomic E-state index is -3.49. The van der Waals surface area contributed by atoms with E-state index in [0.29, 0.717) is 44.2 Å². The number of fused-ring (bicyclic) bond motifs is 1. The lowest BCUT2D eigenvalue weighted by Crippen LogP contribution is -2.51. The van der Waals surface area contributed by atoms with Gasteiger partial charge >= 0.3 is 0 Å². The van der Waals surface area contributed by atoms with Crippen molar-refractivity contribution >= 4 is 27.0 Å². The molecule has 2 aromatic carbocycles. The molecule has 1 amide bonds. The molecule has 0 aliphatic carbocycles. The zero-order valence-electron chi connectivity index (χ0n) is 18.5. The summed E-state index contributed by atoms with van der Waals surface area (Å²) in [6.07, 6.45) is 0. The highest BCUT2D eigenvalue weighted by atomic mass is 32.2. The zero-order chi connectivity index (χ0) is 22.7. The Morgan fingerprint density at radius 2 is 1.69 bits per heavy atom. The smallest absolute Gasteiger partial charge is 0.243 e. The molecule has 0 bridgehead atoms. The fraction of sp³-hybridized carbons (Fsp3) is 0.391. The maximum atomic E-state index is 12.8. The molecule has 1 N–H and O–H groups in total. The van der Waals surface area contributed by atoms with Gasteiger partial charge in [0.05, 0.1) is 22.5 Å². The zero-order valence-corrected chi connectivity index (χ0v) is 19.3. The van der Waals surface area contributed by atoms with Gasteiger partial charge in [-0.25, -0.2) is 13.4 Å². The Morgan fingerprint density at radius 3 is 2.41 bits per heavy atom. The van der Waals surface area contributed by atoms with Gasteiger partial charge in [0.1, 0.15) is 5.82 Å². The number of aromatic nitrogens is 2. The summed E-state index contributed by atoms with van der Waals surface area (Å²) >= 11 is 0. The molecule has 1 saturated heterocycles. The summed E-state index contributed by atoms with van der Waals surface area (Å²) in [7, 11) is -3.49. The molecule has 4 rings (SSSR count). The monoisotopic (exact) mass is 455 g/mol. The molecule has 0 spiro atoms. The van der Waals surface area contributed by atoms with Crippen LogP contribution in [0.4, 0.5) is 0 Å². The minimum absolute atomic E-state index is 0.0538. The van der Waals surface area contributed by atoms with Crippen molar-refractivity contribution in [2.75, 3.05) is 39.3 Å². The summed E-state index contributed by atoms with van der Waals surface area (Å²) in [5, 5.41) is 2.97. The molecule has 1 aliphatic heterocycles. The number of imidazole rings is 1. The summed E-state index contributed by atoms with van der Waals surface area (Å²) in [5.74, 6) is 0.869. The van der Waals surface area contributed by atoms with Crippen LogP contribution < -0.4 is 5.32 Å². The summed E-state index contributed by atoms with van der Waals surface area (Å²) in [5.41, 5.74) is 3.04. The highest BCUT2D eigenvalue weighted by Gasteiger charge is 2.28. The van der Waals surface area contributed by atoms with Crippen molar-refractivity contribution in [2.45, 2.75) is 25.3 Å².